The molecule has 0 saturated carbocycles. The van der Waals surface area contributed by atoms with Crippen molar-refractivity contribution in [1.29, 1.82) is 0 Å². The second kappa shape index (κ2) is 9.16. The lowest BCUT2D eigenvalue weighted by atomic mass is 10.1. The van der Waals surface area contributed by atoms with Gasteiger partial charge in [0.1, 0.15) is 7.41 Å². The van der Waals surface area contributed by atoms with E-state index in [1.165, 1.54) is 64.3 Å². The molecule has 0 radical (unpaired) electrons. The third kappa shape index (κ3) is 3.62. The van der Waals surface area contributed by atoms with E-state index in [1.807, 2.05) is 0 Å². The number of hydrogen-bond donors (Lipinski definition) is 0. The van der Waals surface area contributed by atoms with Crippen molar-refractivity contribution < 1.29 is 0 Å². The Hall–Kier alpha value is 1.55. The molecular formula is C20H42INP2+2. The molecule has 1 nitrogen and oxygen atoms in total. The molecule has 0 aliphatic carbocycles. The van der Waals surface area contributed by atoms with Crippen molar-refractivity contribution in [2.24, 2.45) is 0 Å². The molecule has 0 N–H and O–H groups in total. The van der Waals surface area contributed by atoms with Gasteiger partial charge >= 0.3 is 0 Å². The van der Waals surface area contributed by atoms with Crippen LogP contribution in [0.25, 0.3) is 0 Å². The molecule has 2 aliphatic heterocycles. The average Bonchev–Trinajstić information content (AvgIpc) is 3.05. The molecule has 1 unspecified atom stereocenters. The van der Waals surface area contributed by atoms with Gasteiger partial charge in [0, 0.05) is 0 Å². The largest absolute Gasteiger partial charge is 0.187 e. The minimum Gasteiger partial charge on any atom is -0.0653 e. The van der Waals surface area contributed by atoms with Gasteiger partial charge in [0.2, 0.25) is 0 Å². The van der Waals surface area contributed by atoms with E-state index >= 15 is 0 Å². The van der Waals surface area contributed by atoms with Gasteiger partial charge in [0.05, 0.1) is 35.8 Å². The highest BCUT2D eigenvalue weighted by Crippen LogP contribution is 2.92. The lowest BCUT2D eigenvalue weighted by Gasteiger charge is -2.44. The van der Waals surface area contributed by atoms with E-state index in [0.29, 0.717) is 0 Å². The average molecular weight is 485 g/mol. The summed E-state index contributed by atoms with van der Waals surface area (Å²) in [5.41, 5.74) is 4.03. The fraction of sp³-hybridized carbons (Fsp3) is 1.00. The molecule has 0 aromatic heterocycles. The highest BCUT2D eigenvalue weighted by molar-refractivity contribution is 14.2. The maximum Gasteiger partial charge on any atom is 0.187 e. The van der Waals surface area contributed by atoms with Crippen LogP contribution in [0.5, 0.6) is 0 Å². The zero-order valence-electron chi connectivity index (χ0n) is 17.1. The highest BCUT2D eigenvalue weighted by atomic mass is 127. The second-order valence-corrected chi connectivity index (χ2v) is 20.9. The van der Waals surface area contributed by atoms with E-state index < -0.39 is 12.5 Å². The Morgan fingerprint density at radius 2 is 1.38 bits per heavy atom. The maximum absolute atomic E-state index is 3.31. The third-order valence-electron chi connectivity index (χ3n) is 7.34. The Morgan fingerprint density at radius 3 is 1.83 bits per heavy atom. The summed E-state index contributed by atoms with van der Waals surface area (Å²) in [6, 6.07) is 0. The van der Waals surface area contributed by atoms with Gasteiger partial charge in [-0.15, -0.1) is 0 Å². The summed E-state index contributed by atoms with van der Waals surface area (Å²) in [5.74, 6) is 0. The van der Waals surface area contributed by atoms with Crippen LogP contribution in [0.4, 0.5) is 0 Å². The van der Waals surface area contributed by atoms with E-state index in [9.17, 15) is 0 Å². The predicted octanol–water partition coefficient (Wildman–Crippen LogP) is 8.25. The summed E-state index contributed by atoms with van der Waals surface area (Å²) in [6.45, 7) is 16.6. The Kier molecular flexibility index (Phi) is 8.34. The van der Waals surface area contributed by atoms with E-state index in [2.05, 4.69) is 67.8 Å². The van der Waals surface area contributed by atoms with Crippen molar-refractivity contribution in [2.45, 2.75) is 115 Å². The molecule has 4 heteroatoms. The Labute approximate surface area is 166 Å². The summed E-state index contributed by atoms with van der Waals surface area (Å²) in [4.78, 5) is 0. The van der Waals surface area contributed by atoms with Crippen LogP contribution in [-0.2, 0) is 0 Å². The standard InChI is InChI=1S/C20H42INP2/c1-7-11-16-22(24(21)17(5)12-13-20(24)10-4)23(6)18(8-2)14-15-19(23)9-3/h17-20H,7-16H2,1-6H3/q+2/t17-,18-,19-,20-,24?/m1/s1. The Bertz CT molecular complexity index is 393. The van der Waals surface area contributed by atoms with Crippen LogP contribution in [-0.4, -0.2) is 40.3 Å². The molecule has 0 amide bonds. The summed E-state index contributed by atoms with van der Waals surface area (Å²) in [6.07, 6.45) is 13.1. The van der Waals surface area contributed by atoms with Crippen LogP contribution in [0.2, 0.25) is 0 Å². The van der Waals surface area contributed by atoms with Gasteiger partial charge in [-0.2, -0.15) is 0 Å². The number of hydrogen-bond acceptors (Lipinski definition) is 1. The SMILES string of the molecule is CCCCN([P+]1(C)[C@H](CC)CC[C@H]1CC)[P+]1(I)[C@H](CC)CC[C@H]1C. The maximum atomic E-state index is 3.31. The first-order valence-electron chi connectivity index (χ1n) is 10.6. The summed E-state index contributed by atoms with van der Waals surface area (Å²) in [5, 5.41) is -1.02. The van der Waals surface area contributed by atoms with Gasteiger partial charge < -0.3 is 0 Å². The topological polar surface area (TPSA) is 3.24 Å². The van der Waals surface area contributed by atoms with Gasteiger partial charge in [-0.1, -0.05) is 38.6 Å². The zero-order valence-corrected chi connectivity index (χ0v) is 21.0. The first-order chi connectivity index (χ1) is 11.4. The number of unbranched alkanes of at least 4 members (excludes halogenated alkanes) is 1. The van der Waals surface area contributed by atoms with Crippen molar-refractivity contribution in [3.8, 4) is 0 Å². The van der Waals surface area contributed by atoms with Gasteiger partial charge in [-0.3, -0.25) is 0 Å². The van der Waals surface area contributed by atoms with Crippen LogP contribution in [0.3, 0.4) is 0 Å². The molecule has 0 bridgehead atoms. The van der Waals surface area contributed by atoms with Crippen LogP contribution in [0.1, 0.15) is 92.4 Å². The normalized spacial score (nSPS) is 39.0. The molecule has 2 rings (SSSR count). The molecule has 5 atom stereocenters. The Balaban J connectivity index is 2.46. The van der Waals surface area contributed by atoms with E-state index in [1.54, 1.807) is 0 Å². The van der Waals surface area contributed by atoms with E-state index in [0.717, 1.165) is 22.6 Å². The molecule has 0 spiro atoms. The molecule has 0 aromatic rings. The molecule has 0 aromatic carbocycles. The predicted molar refractivity (Wildman–Crippen MR) is 126 cm³/mol. The van der Waals surface area contributed by atoms with Crippen molar-refractivity contribution in [3.05, 3.63) is 0 Å². The first kappa shape index (κ1) is 21.8. The van der Waals surface area contributed by atoms with Gasteiger partial charge in [-0.25, -0.2) is 0 Å². The summed E-state index contributed by atoms with van der Waals surface area (Å²) >= 11 is 3.07. The summed E-state index contributed by atoms with van der Waals surface area (Å²) in [7, 11) is -1.01. The monoisotopic (exact) mass is 485 g/mol. The van der Waals surface area contributed by atoms with Crippen LogP contribution in [0.15, 0.2) is 0 Å². The van der Waals surface area contributed by atoms with E-state index in [-0.39, 0.29) is 0 Å². The molecule has 24 heavy (non-hydrogen) atoms. The minimum atomic E-state index is -1.02. The molecule has 2 fully saturated rings. The number of halogens is 1. The van der Waals surface area contributed by atoms with Crippen LogP contribution < -0.4 is 0 Å². The highest BCUT2D eigenvalue weighted by Gasteiger charge is 2.70. The number of rotatable bonds is 8. The number of nitrogens with zero attached hydrogens (tertiary/aromatic N) is 1. The van der Waals surface area contributed by atoms with E-state index in [4.69, 9.17) is 0 Å². The molecule has 2 aliphatic rings. The first-order valence-corrected chi connectivity index (χ1v) is 17.6. The lowest BCUT2D eigenvalue weighted by Crippen LogP contribution is -2.35. The fourth-order valence-corrected chi connectivity index (χ4v) is 25.5. The zero-order chi connectivity index (χ0) is 18.0. The van der Waals surface area contributed by atoms with Crippen molar-refractivity contribution >= 4 is 34.5 Å². The third-order valence-corrected chi connectivity index (χ3v) is 26.6. The van der Waals surface area contributed by atoms with Gasteiger partial charge in [0.25, 0.3) is 0 Å². The van der Waals surface area contributed by atoms with Crippen molar-refractivity contribution in [1.82, 2.24) is 4.44 Å². The minimum absolute atomic E-state index is 0.965. The lowest BCUT2D eigenvalue weighted by molar-refractivity contribution is 0.600. The van der Waals surface area contributed by atoms with Crippen LogP contribution in [0, 0.1) is 0 Å². The molecule has 2 heterocycles. The smallest absolute Gasteiger partial charge is 0.0653 e. The second-order valence-electron chi connectivity index (χ2n) is 8.39. The van der Waals surface area contributed by atoms with Crippen LogP contribution >= 0.6 is 34.5 Å². The van der Waals surface area contributed by atoms with Gasteiger partial charge in [0.15, 0.2) is 27.1 Å². The van der Waals surface area contributed by atoms with Crippen molar-refractivity contribution in [2.75, 3.05) is 13.2 Å². The van der Waals surface area contributed by atoms with Gasteiger partial charge in [-0.05, 0) is 58.3 Å². The van der Waals surface area contributed by atoms with Crippen molar-refractivity contribution in [3.63, 3.8) is 0 Å². The Morgan fingerprint density at radius 1 is 0.875 bits per heavy atom. The molecule has 2 saturated heterocycles. The quantitative estimate of drug-likeness (QED) is 0.247. The fourth-order valence-electron chi connectivity index (χ4n) is 5.73. The molecule has 142 valence electrons. The molecular weight excluding hydrogens is 443 g/mol. The summed E-state index contributed by atoms with van der Waals surface area (Å²) < 4.78 is 3.31.